The smallest absolute Gasteiger partial charge is 0.231 e. The third kappa shape index (κ3) is 5.15. The molecule has 3 N–H and O–H groups in total. The topological polar surface area (TPSA) is 58.4 Å². The molecule has 3 rings (SSSR count). The molecular weight excluding hydrogens is 310 g/mol. The monoisotopic (exact) mass is 337 g/mol. The van der Waals surface area contributed by atoms with Gasteiger partial charge in [0.1, 0.15) is 0 Å². The number of primary amides is 1. The van der Waals surface area contributed by atoms with Gasteiger partial charge in [-0.25, -0.2) is 0 Å². The summed E-state index contributed by atoms with van der Waals surface area (Å²) >= 11 is 0. The third-order valence-electron chi connectivity index (χ3n) is 4.93. The molecule has 0 radical (unpaired) electrons. The van der Waals surface area contributed by atoms with Crippen LogP contribution < -0.4 is 11.1 Å². The summed E-state index contributed by atoms with van der Waals surface area (Å²) in [7, 11) is 0. The molecule has 2 aromatic carbocycles. The van der Waals surface area contributed by atoms with Gasteiger partial charge in [-0.1, -0.05) is 60.7 Å². The van der Waals surface area contributed by atoms with Gasteiger partial charge in [0.2, 0.25) is 5.91 Å². The second-order valence-corrected chi connectivity index (χ2v) is 6.88. The van der Waals surface area contributed by atoms with Gasteiger partial charge in [-0.15, -0.1) is 0 Å². The Morgan fingerprint density at radius 1 is 1.04 bits per heavy atom. The van der Waals surface area contributed by atoms with E-state index < -0.39 is 0 Å². The van der Waals surface area contributed by atoms with E-state index in [1.54, 1.807) is 0 Å². The predicted molar refractivity (Wildman–Crippen MR) is 101 cm³/mol. The van der Waals surface area contributed by atoms with Crippen LogP contribution in [0.1, 0.15) is 30.0 Å². The summed E-state index contributed by atoms with van der Waals surface area (Å²) in [6.45, 7) is 3.08. The number of hydrogen-bond acceptors (Lipinski definition) is 3. The molecule has 1 aliphatic heterocycles. The van der Waals surface area contributed by atoms with Crippen molar-refractivity contribution in [2.45, 2.75) is 25.4 Å². The van der Waals surface area contributed by atoms with Gasteiger partial charge in [-0.3, -0.25) is 9.69 Å². The standard InChI is InChI=1S/C21H27N3O/c22-21(25)16-24-15-18(14-23-13-17-7-3-1-4-8-17)11-12-20(24)19-9-5-2-6-10-19/h1-10,18,20,23H,11-16H2,(H2,22,25)/t18-,20+/m1/s1. The fraction of sp³-hybridized carbons (Fsp3) is 0.381. The molecule has 0 bridgehead atoms. The minimum Gasteiger partial charge on any atom is -0.369 e. The molecule has 1 aliphatic rings. The zero-order chi connectivity index (χ0) is 17.5. The van der Waals surface area contributed by atoms with Crippen molar-refractivity contribution in [3.05, 3.63) is 71.8 Å². The molecular formula is C21H27N3O. The summed E-state index contributed by atoms with van der Waals surface area (Å²) in [5.74, 6) is 0.293. The number of carbonyl (C=O) groups excluding carboxylic acids is 1. The van der Waals surface area contributed by atoms with E-state index in [1.807, 2.05) is 12.1 Å². The summed E-state index contributed by atoms with van der Waals surface area (Å²) in [5, 5.41) is 3.56. The van der Waals surface area contributed by atoms with E-state index in [9.17, 15) is 4.79 Å². The largest absolute Gasteiger partial charge is 0.369 e. The maximum absolute atomic E-state index is 11.5. The Kier molecular flexibility index (Phi) is 6.20. The van der Waals surface area contributed by atoms with Crippen molar-refractivity contribution in [3.63, 3.8) is 0 Å². The lowest BCUT2D eigenvalue weighted by Gasteiger charge is -2.39. The van der Waals surface area contributed by atoms with E-state index in [0.717, 1.165) is 32.5 Å². The van der Waals surface area contributed by atoms with Gasteiger partial charge in [0, 0.05) is 19.1 Å². The second-order valence-electron chi connectivity index (χ2n) is 6.88. The number of nitrogens with one attached hydrogen (secondary N) is 1. The fourth-order valence-corrected chi connectivity index (χ4v) is 3.74. The first-order chi connectivity index (χ1) is 12.2. The molecule has 0 aromatic heterocycles. The Morgan fingerprint density at radius 2 is 1.72 bits per heavy atom. The van der Waals surface area contributed by atoms with Crippen LogP contribution in [-0.4, -0.2) is 30.4 Å². The first kappa shape index (κ1) is 17.6. The molecule has 1 fully saturated rings. The van der Waals surface area contributed by atoms with Crippen LogP contribution in [0.15, 0.2) is 60.7 Å². The van der Waals surface area contributed by atoms with Gasteiger partial charge in [-0.2, -0.15) is 0 Å². The van der Waals surface area contributed by atoms with Crippen LogP contribution in [0, 0.1) is 5.92 Å². The van der Waals surface area contributed by atoms with Gasteiger partial charge >= 0.3 is 0 Å². The number of piperidine rings is 1. The van der Waals surface area contributed by atoms with Gasteiger partial charge in [0.15, 0.2) is 0 Å². The average molecular weight is 337 g/mol. The highest BCUT2D eigenvalue weighted by atomic mass is 16.1. The van der Waals surface area contributed by atoms with E-state index >= 15 is 0 Å². The molecule has 2 atom stereocenters. The Hall–Kier alpha value is -2.17. The van der Waals surface area contributed by atoms with Crippen molar-refractivity contribution in [2.75, 3.05) is 19.6 Å². The number of nitrogens with two attached hydrogens (primary N) is 1. The number of nitrogens with zero attached hydrogens (tertiary/aromatic N) is 1. The van der Waals surface area contributed by atoms with Crippen LogP contribution in [-0.2, 0) is 11.3 Å². The minimum absolute atomic E-state index is 0.251. The van der Waals surface area contributed by atoms with Crippen LogP contribution in [0.25, 0.3) is 0 Å². The van der Waals surface area contributed by atoms with Crippen molar-refractivity contribution >= 4 is 5.91 Å². The van der Waals surface area contributed by atoms with Crippen molar-refractivity contribution in [2.24, 2.45) is 11.7 Å². The first-order valence-electron chi connectivity index (χ1n) is 9.04. The normalized spacial score (nSPS) is 21.1. The average Bonchev–Trinajstić information content (AvgIpc) is 2.63. The summed E-state index contributed by atoms with van der Waals surface area (Å²) in [4.78, 5) is 13.8. The van der Waals surface area contributed by atoms with Crippen LogP contribution >= 0.6 is 0 Å². The molecule has 4 nitrogen and oxygen atoms in total. The molecule has 0 aliphatic carbocycles. The maximum Gasteiger partial charge on any atom is 0.231 e. The lowest BCUT2D eigenvalue weighted by molar-refractivity contribution is -0.120. The summed E-state index contributed by atoms with van der Waals surface area (Å²) in [5.41, 5.74) is 8.07. The van der Waals surface area contributed by atoms with Crippen LogP contribution in [0.5, 0.6) is 0 Å². The molecule has 2 aromatic rings. The van der Waals surface area contributed by atoms with E-state index in [1.165, 1.54) is 11.1 Å². The molecule has 1 heterocycles. The molecule has 132 valence electrons. The highest BCUT2D eigenvalue weighted by molar-refractivity contribution is 5.76. The molecule has 4 heteroatoms. The van der Waals surface area contributed by atoms with E-state index in [-0.39, 0.29) is 5.91 Å². The summed E-state index contributed by atoms with van der Waals surface area (Å²) in [6.07, 6.45) is 2.23. The van der Waals surface area contributed by atoms with E-state index in [4.69, 9.17) is 5.73 Å². The Bertz CT molecular complexity index is 657. The number of hydrogen-bond donors (Lipinski definition) is 2. The first-order valence-corrected chi connectivity index (χ1v) is 9.04. The molecule has 0 spiro atoms. The zero-order valence-corrected chi connectivity index (χ0v) is 14.6. The van der Waals surface area contributed by atoms with Crippen LogP contribution in [0.2, 0.25) is 0 Å². The lowest BCUT2D eigenvalue weighted by atomic mass is 9.88. The quantitative estimate of drug-likeness (QED) is 0.817. The lowest BCUT2D eigenvalue weighted by Crippen LogP contribution is -2.45. The van der Waals surface area contributed by atoms with Gasteiger partial charge in [0.25, 0.3) is 0 Å². The Morgan fingerprint density at radius 3 is 2.40 bits per heavy atom. The minimum atomic E-state index is -0.251. The molecule has 0 unspecified atom stereocenters. The SMILES string of the molecule is NC(=O)CN1C[C@@H](CNCc2ccccc2)CC[C@H]1c1ccccc1. The van der Waals surface area contributed by atoms with Gasteiger partial charge in [0.05, 0.1) is 6.54 Å². The number of benzene rings is 2. The fourth-order valence-electron chi connectivity index (χ4n) is 3.74. The number of carbonyl (C=O) groups is 1. The molecule has 1 saturated heterocycles. The number of amides is 1. The van der Waals surface area contributed by atoms with Crippen LogP contribution in [0.4, 0.5) is 0 Å². The van der Waals surface area contributed by atoms with Crippen molar-refractivity contribution < 1.29 is 4.79 Å². The van der Waals surface area contributed by atoms with E-state index in [0.29, 0.717) is 18.5 Å². The Labute approximate surface area is 150 Å². The molecule has 0 saturated carbocycles. The highest BCUT2D eigenvalue weighted by Crippen LogP contribution is 2.32. The van der Waals surface area contributed by atoms with Gasteiger partial charge in [-0.05, 0) is 36.4 Å². The maximum atomic E-state index is 11.5. The van der Waals surface area contributed by atoms with Crippen molar-refractivity contribution in [3.8, 4) is 0 Å². The second kappa shape index (κ2) is 8.79. The number of likely N-dealkylation sites (tertiary alicyclic amines) is 1. The summed E-state index contributed by atoms with van der Waals surface area (Å²) < 4.78 is 0. The highest BCUT2D eigenvalue weighted by Gasteiger charge is 2.29. The van der Waals surface area contributed by atoms with Crippen molar-refractivity contribution in [1.29, 1.82) is 0 Å². The zero-order valence-electron chi connectivity index (χ0n) is 14.6. The predicted octanol–water partition coefficient (Wildman–Crippen LogP) is 2.71. The summed E-state index contributed by atoms with van der Waals surface area (Å²) in [6, 6.07) is 21.2. The Balaban J connectivity index is 1.56. The molecule has 1 amide bonds. The van der Waals surface area contributed by atoms with Crippen LogP contribution in [0.3, 0.4) is 0 Å². The number of rotatable bonds is 7. The van der Waals surface area contributed by atoms with Crippen molar-refractivity contribution in [1.82, 2.24) is 10.2 Å². The molecule has 25 heavy (non-hydrogen) atoms. The third-order valence-corrected chi connectivity index (χ3v) is 4.93. The van der Waals surface area contributed by atoms with Gasteiger partial charge < -0.3 is 11.1 Å². The van der Waals surface area contributed by atoms with E-state index in [2.05, 4.69) is 58.7 Å².